The Labute approximate surface area is 154 Å². The molecule has 1 aromatic heterocycles. The van der Waals surface area contributed by atoms with Gasteiger partial charge in [0.25, 0.3) is 0 Å². The Kier molecular flexibility index (Phi) is 5.81. The molecule has 1 heterocycles. The molecule has 0 saturated carbocycles. The van der Waals surface area contributed by atoms with Crippen molar-refractivity contribution >= 4 is 23.4 Å². The molecule has 140 valence electrons. The van der Waals surface area contributed by atoms with Crippen LogP contribution in [-0.2, 0) is 4.74 Å². The number of carbonyl (C=O) groups excluding carboxylic acids is 1. The Hall–Kier alpha value is -2.28. The van der Waals surface area contributed by atoms with E-state index in [-0.39, 0.29) is 5.69 Å². The second kappa shape index (κ2) is 7.53. The van der Waals surface area contributed by atoms with E-state index in [4.69, 9.17) is 16.3 Å². The fourth-order valence-electron chi connectivity index (χ4n) is 2.25. The summed E-state index contributed by atoms with van der Waals surface area (Å²) < 4.78 is 44.5. The van der Waals surface area contributed by atoms with Crippen LogP contribution in [0.15, 0.2) is 42.7 Å². The number of carbonyl (C=O) groups is 1. The molecule has 0 aliphatic heterocycles. The maximum absolute atomic E-state index is 13.1. The average molecular weight is 387 g/mol. The van der Waals surface area contributed by atoms with Crippen molar-refractivity contribution in [1.29, 1.82) is 0 Å². The van der Waals surface area contributed by atoms with E-state index in [0.29, 0.717) is 21.0 Å². The monoisotopic (exact) mass is 386 g/mol. The molecule has 8 heteroatoms. The van der Waals surface area contributed by atoms with Gasteiger partial charge in [-0.1, -0.05) is 29.8 Å². The van der Waals surface area contributed by atoms with Gasteiger partial charge in [-0.05, 0) is 32.9 Å². The highest BCUT2D eigenvalue weighted by molar-refractivity contribution is 6.33. The van der Waals surface area contributed by atoms with E-state index in [1.807, 2.05) is 0 Å². The number of amides is 1. The highest BCUT2D eigenvalue weighted by Gasteiger charge is 2.37. The van der Waals surface area contributed by atoms with Gasteiger partial charge in [0.15, 0.2) is 0 Å². The highest BCUT2D eigenvalue weighted by atomic mass is 35.5. The predicted molar refractivity (Wildman–Crippen MR) is 94.3 cm³/mol. The summed E-state index contributed by atoms with van der Waals surface area (Å²) in [5.74, 6) is 0. The maximum Gasteiger partial charge on any atom is 0.415 e. The Balaban J connectivity index is 2.55. The van der Waals surface area contributed by atoms with Gasteiger partial charge in [-0.2, -0.15) is 13.2 Å². The molecule has 0 aliphatic rings. The number of halogens is 4. The van der Waals surface area contributed by atoms with Gasteiger partial charge in [-0.25, -0.2) is 4.79 Å². The minimum absolute atomic E-state index is 0.0350. The summed E-state index contributed by atoms with van der Waals surface area (Å²) in [6.45, 7) is 3.23. The zero-order valence-electron chi connectivity index (χ0n) is 14.5. The zero-order chi connectivity index (χ0) is 19.5. The molecule has 2 aromatic rings. The Morgan fingerprint density at radius 3 is 2.38 bits per heavy atom. The van der Waals surface area contributed by atoms with Gasteiger partial charge >= 0.3 is 12.3 Å². The van der Waals surface area contributed by atoms with Gasteiger partial charge in [-0.3, -0.25) is 9.88 Å². The molecular weight excluding hydrogens is 369 g/mol. The lowest BCUT2D eigenvalue weighted by molar-refractivity contribution is -0.119. The number of alkyl halides is 3. The fourth-order valence-corrected chi connectivity index (χ4v) is 2.49. The minimum Gasteiger partial charge on any atom is -0.443 e. The molecule has 1 amide bonds. The molecule has 0 unspecified atom stereocenters. The Morgan fingerprint density at radius 2 is 1.81 bits per heavy atom. The van der Waals surface area contributed by atoms with Crippen LogP contribution in [0.3, 0.4) is 0 Å². The number of nitrogens with zero attached hydrogens (tertiary/aromatic N) is 2. The van der Waals surface area contributed by atoms with Crippen LogP contribution < -0.4 is 4.90 Å². The van der Waals surface area contributed by atoms with Crippen molar-refractivity contribution in [2.45, 2.75) is 32.5 Å². The first-order valence-corrected chi connectivity index (χ1v) is 8.12. The number of aromatic nitrogens is 1. The Bertz CT molecular complexity index is 788. The number of hydrogen-bond acceptors (Lipinski definition) is 3. The molecule has 0 atom stereocenters. The number of pyridine rings is 1. The van der Waals surface area contributed by atoms with Crippen LogP contribution in [0.25, 0.3) is 11.1 Å². The van der Waals surface area contributed by atoms with Crippen molar-refractivity contribution in [3.63, 3.8) is 0 Å². The van der Waals surface area contributed by atoms with Crippen molar-refractivity contribution in [3.05, 3.63) is 47.7 Å². The first-order chi connectivity index (χ1) is 12.0. The molecule has 0 aliphatic carbocycles. The number of hydrogen-bond donors (Lipinski definition) is 0. The van der Waals surface area contributed by atoms with Crippen molar-refractivity contribution in [2.75, 3.05) is 11.4 Å². The quantitative estimate of drug-likeness (QED) is 0.679. The average Bonchev–Trinajstić information content (AvgIpc) is 2.51. The van der Waals surface area contributed by atoms with E-state index in [2.05, 4.69) is 4.98 Å². The van der Waals surface area contributed by atoms with E-state index in [0.717, 1.165) is 0 Å². The largest absolute Gasteiger partial charge is 0.443 e. The summed E-state index contributed by atoms with van der Waals surface area (Å²) >= 11 is 6.18. The van der Waals surface area contributed by atoms with Gasteiger partial charge < -0.3 is 4.74 Å². The van der Waals surface area contributed by atoms with Crippen LogP contribution in [0.1, 0.15) is 20.8 Å². The van der Waals surface area contributed by atoms with Crippen molar-refractivity contribution in [2.24, 2.45) is 0 Å². The third-order valence-electron chi connectivity index (χ3n) is 3.21. The summed E-state index contributed by atoms with van der Waals surface area (Å²) in [6, 6.07) is 8.18. The van der Waals surface area contributed by atoms with E-state index >= 15 is 0 Å². The summed E-state index contributed by atoms with van der Waals surface area (Å²) in [5.41, 5.74) is -0.150. The number of ether oxygens (including phenoxy) is 1. The zero-order valence-corrected chi connectivity index (χ0v) is 15.2. The van der Waals surface area contributed by atoms with Crippen molar-refractivity contribution in [3.8, 4) is 11.1 Å². The van der Waals surface area contributed by atoms with Crippen LogP contribution in [-0.4, -0.2) is 29.4 Å². The topological polar surface area (TPSA) is 42.4 Å². The van der Waals surface area contributed by atoms with Gasteiger partial charge in [-0.15, -0.1) is 0 Å². The maximum atomic E-state index is 13.1. The molecule has 2 rings (SSSR count). The highest BCUT2D eigenvalue weighted by Crippen LogP contribution is 2.36. The molecule has 4 nitrogen and oxygen atoms in total. The van der Waals surface area contributed by atoms with Crippen LogP contribution in [0.2, 0.25) is 5.02 Å². The first kappa shape index (κ1) is 20.0. The standard InChI is InChI=1S/C18H18ClF3N2O2/c1-17(2,3)26-16(25)24(11-18(20,21)22)15-10-23-9-8-13(15)12-6-4-5-7-14(12)19/h4-10H,11H2,1-3H3. The van der Waals surface area contributed by atoms with Gasteiger partial charge in [0.1, 0.15) is 12.1 Å². The number of rotatable bonds is 3. The third kappa shape index (κ3) is 5.36. The van der Waals surface area contributed by atoms with E-state index in [1.54, 1.807) is 45.0 Å². The van der Waals surface area contributed by atoms with Gasteiger partial charge in [0, 0.05) is 22.3 Å². The molecular formula is C18H18ClF3N2O2. The van der Waals surface area contributed by atoms with Crippen LogP contribution >= 0.6 is 11.6 Å². The summed E-state index contributed by atoms with van der Waals surface area (Å²) in [5, 5.41) is 0.344. The van der Waals surface area contributed by atoms with Crippen molar-refractivity contribution < 1.29 is 22.7 Å². The molecule has 0 fully saturated rings. The molecule has 0 saturated heterocycles. The van der Waals surface area contributed by atoms with E-state index in [1.165, 1.54) is 18.5 Å². The predicted octanol–water partition coefficient (Wildman–Crippen LogP) is 5.71. The molecule has 26 heavy (non-hydrogen) atoms. The van der Waals surface area contributed by atoms with Crippen LogP contribution in [0.4, 0.5) is 23.7 Å². The van der Waals surface area contributed by atoms with Crippen LogP contribution in [0, 0.1) is 0 Å². The second-order valence-corrected chi connectivity index (χ2v) is 6.96. The Morgan fingerprint density at radius 1 is 1.15 bits per heavy atom. The lowest BCUT2D eigenvalue weighted by Gasteiger charge is -2.29. The number of benzene rings is 1. The molecule has 0 bridgehead atoms. The van der Waals surface area contributed by atoms with Gasteiger partial charge in [0.05, 0.1) is 11.9 Å². The normalized spacial score (nSPS) is 12.0. The molecule has 1 aromatic carbocycles. The first-order valence-electron chi connectivity index (χ1n) is 7.74. The van der Waals surface area contributed by atoms with Crippen LogP contribution in [0.5, 0.6) is 0 Å². The number of anilines is 1. The molecule has 0 spiro atoms. The lowest BCUT2D eigenvalue weighted by atomic mass is 10.0. The van der Waals surface area contributed by atoms with Crippen molar-refractivity contribution in [1.82, 2.24) is 4.98 Å². The smallest absolute Gasteiger partial charge is 0.415 e. The third-order valence-corrected chi connectivity index (χ3v) is 3.54. The molecule has 0 N–H and O–H groups in total. The van der Waals surface area contributed by atoms with E-state index < -0.39 is 24.4 Å². The van der Waals surface area contributed by atoms with Gasteiger partial charge in [0.2, 0.25) is 0 Å². The minimum atomic E-state index is -4.62. The molecule has 0 radical (unpaired) electrons. The lowest BCUT2D eigenvalue weighted by Crippen LogP contribution is -2.42. The summed E-state index contributed by atoms with van der Waals surface area (Å²) in [6.07, 6.45) is -3.13. The van der Waals surface area contributed by atoms with E-state index in [9.17, 15) is 18.0 Å². The SMILES string of the molecule is CC(C)(C)OC(=O)N(CC(F)(F)F)c1cnccc1-c1ccccc1Cl. The summed E-state index contributed by atoms with van der Waals surface area (Å²) in [4.78, 5) is 16.8. The summed E-state index contributed by atoms with van der Waals surface area (Å²) in [7, 11) is 0. The fraction of sp³-hybridized carbons (Fsp3) is 0.333. The second-order valence-electron chi connectivity index (χ2n) is 6.55.